The molecule has 122 valence electrons. The van der Waals surface area contributed by atoms with E-state index in [4.69, 9.17) is 10.2 Å². The second kappa shape index (κ2) is 15.2. The van der Waals surface area contributed by atoms with E-state index in [1.807, 2.05) is 0 Å². The smallest absolute Gasteiger partial charge is 0.0431 e. The van der Waals surface area contributed by atoms with Gasteiger partial charge in [-0.2, -0.15) is 0 Å². The molecule has 0 aromatic rings. The molecule has 0 saturated carbocycles. The van der Waals surface area contributed by atoms with Crippen molar-refractivity contribution in [3.63, 3.8) is 0 Å². The molecule has 4 heteroatoms. The Labute approximate surface area is 125 Å². The molecule has 2 N–H and O–H groups in total. The largest absolute Gasteiger partial charge is 0.396 e. The zero-order valence-corrected chi connectivity index (χ0v) is 13.7. The molecule has 0 saturated heterocycles. The summed E-state index contributed by atoms with van der Waals surface area (Å²) in [5, 5.41) is 17.6. The second-order valence-electron chi connectivity index (χ2n) is 5.44. The van der Waals surface area contributed by atoms with Crippen LogP contribution < -0.4 is 0 Å². The minimum absolute atomic E-state index is 0.323. The maximum absolute atomic E-state index is 8.78. The van der Waals surface area contributed by atoms with Gasteiger partial charge in [-0.15, -0.1) is 0 Å². The fourth-order valence-electron chi connectivity index (χ4n) is 2.39. The SMILES string of the molecule is CCN(CCCCCO)CCN(CC)CCCCCO. The van der Waals surface area contributed by atoms with E-state index in [-0.39, 0.29) is 0 Å². The van der Waals surface area contributed by atoms with Gasteiger partial charge in [0.25, 0.3) is 0 Å². The Bertz CT molecular complexity index is 171. The predicted octanol–water partition coefficient (Wildman–Crippen LogP) is 1.96. The first-order valence-electron chi connectivity index (χ1n) is 8.44. The monoisotopic (exact) mass is 288 g/mol. The van der Waals surface area contributed by atoms with Crippen LogP contribution in [0.25, 0.3) is 0 Å². The van der Waals surface area contributed by atoms with E-state index in [0.29, 0.717) is 13.2 Å². The molecule has 0 aromatic heterocycles. The van der Waals surface area contributed by atoms with Crippen LogP contribution in [0.4, 0.5) is 0 Å². The lowest BCUT2D eigenvalue weighted by molar-refractivity contribution is 0.205. The van der Waals surface area contributed by atoms with Crippen LogP contribution in [0, 0.1) is 0 Å². The summed E-state index contributed by atoms with van der Waals surface area (Å²) in [6.07, 6.45) is 6.51. The molecule has 0 aliphatic heterocycles. The fourth-order valence-corrected chi connectivity index (χ4v) is 2.39. The van der Waals surface area contributed by atoms with Crippen molar-refractivity contribution in [1.29, 1.82) is 0 Å². The summed E-state index contributed by atoms with van der Waals surface area (Å²) < 4.78 is 0. The summed E-state index contributed by atoms with van der Waals surface area (Å²) >= 11 is 0. The van der Waals surface area contributed by atoms with Crippen LogP contribution in [0.3, 0.4) is 0 Å². The molecule has 0 fully saturated rings. The van der Waals surface area contributed by atoms with E-state index in [1.165, 1.54) is 12.8 Å². The van der Waals surface area contributed by atoms with Crippen LogP contribution in [-0.2, 0) is 0 Å². The Kier molecular flexibility index (Phi) is 15.1. The lowest BCUT2D eigenvalue weighted by atomic mass is 10.2. The van der Waals surface area contributed by atoms with E-state index < -0.39 is 0 Å². The lowest BCUT2D eigenvalue weighted by Crippen LogP contribution is -2.36. The maximum atomic E-state index is 8.78. The molecule has 0 aliphatic rings. The molecule has 0 spiro atoms. The van der Waals surface area contributed by atoms with Gasteiger partial charge in [0.15, 0.2) is 0 Å². The van der Waals surface area contributed by atoms with Gasteiger partial charge >= 0.3 is 0 Å². The molecule has 0 atom stereocenters. The van der Waals surface area contributed by atoms with Crippen molar-refractivity contribution in [1.82, 2.24) is 9.80 Å². The second-order valence-corrected chi connectivity index (χ2v) is 5.44. The normalized spacial score (nSPS) is 11.7. The molecule has 0 heterocycles. The quantitative estimate of drug-likeness (QED) is 0.452. The third-order valence-electron chi connectivity index (χ3n) is 3.89. The Balaban J connectivity index is 3.70. The summed E-state index contributed by atoms with van der Waals surface area (Å²) in [6, 6.07) is 0. The summed E-state index contributed by atoms with van der Waals surface area (Å²) in [5.74, 6) is 0. The first kappa shape index (κ1) is 19.8. The van der Waals surface area contributed by atoms with Gasteiger partial charge < -0.3 is 20.0 Å². The van der Waals surface area contributed by atoms with Gasteiger partial charge in [-0.3, -0.25) is 0 Å². The van der Waals surface area contributed by atoms with E-state index in [2.05, 4.69) is 23.6 Å². The average molecular weight is 288 g/mol. The van der Waals surface area contributed by atoms with E-state index in [0.717, 1.165) is 65.0 Å². The standard InChI is InChI=1S/C16H36N2O2/c1-3-17(11-7-5-9-15-19)13-14-18(4-2)12-8-6-10-16-20/h19-20H,3-16H2,1-2H3. The predicted molar refractivity (Wildman–Crippen MR) is 86.1 cm³/mol. The number of hydrogen-bond acceptors (Lipinski definition) is 4. The zero-order chi connectivity index (χ0) is 15.1. The van der Waals surface area contributed by atoms with Gasteiger partial charge in [-0.05, 0) is 64.7 Å². The van der Waals surface area contributed by atoms with Crippen molar-refractivity contribution >= 4 is 0 Å². The molecular formula is C16H36N2O2. The topological polar surface area (TPSA) is 46.9 Å². The maximum Gasteiger partial charge on any atom is 0.0431 e. The van der Waals surface area contributed by atoms with Crippen LogP contribution in [0.15, 0.2) is 0 Å². The lowest BCUT2D eigenvalue weighted by Gasteiger charge is -2.26. The third-order valence-corrected chi connectivity index (χ3v) is 3.89. The van der Waals surface area contributed by atoms with Gasteiger partial charge in [-0.1, -0.05) is 13.8 Å². The number of unbranched alkanes of at least 4 members (excludes halogenated alkanes) is 4. The average Bonchev–Trinajstić information content (AvgIpc) is 2.48. The van der Waals surface area contributed by atoms with Gasteiger partial charge in [-0.25, -0.2) is 0 Å². The van der Waals surface area contributed by atoms with Crippen molar-refractivity contribution < 1.29 is 10.2 Å². The highest BCUT2D eigenvalue weighted by molar-refractivity contribution is 4.62. The zero-order valence-electron chi connectivity index (χ0n) is 13.7. The molecule has 20 heavy (non-hydrogen) atoms. The van der Waals surface area contributed by atoms with Crippen LogP contribution in [-0.4, -0.2) is 72.5 Å². The number of aliphatic hydroxyl groups is 2. The molecule has 0 aromatic carbocycles. The summed E-state index contributed by atoms with van der Waals surface area (Å²) in [5.41, 5.74) is 0. The van der Waals surface area contributed by atoms with Gasteiger partial charge in [0, 0.05) is 26.3 Å². The van der Waals surface area contributed by atoms with Gasteiger partial charge in [0.1, 0.15) is 0 Å². The molecule has 0 radical (unpaired) electrons. The van der Waals surface area contributed by atoms with Crippen LogP contribution in [0.2, 0.25) is 0 Å². The molecule has 0 aliphatic carbocycles. The Morgan fingerprint density at radius 2 is 0.950 bits per heavy atom. The molecule has 0 unspecified atom stereocenters. The highest BCUT2D eigenvalue weighted by Gasteiger charge is 2.06. The molecule has 0 rings (SSSR count). The number of nitrogens with zero attached hydrogens (tertiary/aromatic N) is 2. The van der Waals surface area contributed by atoms with Crippen LogP contribution in [0.1, 0.15) is 52.4 Å². The Morgan fingerprint density at radius 3 is 1.25 bits per heavy atom. The first-order chi connectivity index (χ1) is 9.78. The first-order valence-corrected chi connectivity index (χ1v) is 8.44. The Hall–Kier alpha value is -0.160. The van der Waals surface area contributed by atoms with E-state index in [9.17, 15) is 0 Å². The summed E-state index contributed by atoms with van der Waals surface area (Å²) in [6.45, 7) is 11.9. The van der Waals surface area contributed by atoms with Gasteiger partial charge in [0.05, 0.1) is 0 Å². The van der Waals surface area contributed by atoms with Gasteiger partial charge in [0.2, 0.25) is 0 Å². The van der Waals surface area contributed by atoms with Crippen molar-refractivity contribution in [2.75, 3.05) is 52.5 Å². The summed E-state index contributed by atoms with van der Waals surface area (Å²) in [4.78, 5) is 5.02. The van der Waals surface area contributed by atoms with E-state index >= 15 is 0 Å². The van der Waals surface area contributed by atoms with Crippen molar-refractivity contribution in [2.24, 2.45) is 0 Å². The number of rotatable bonds is 15. The minimum Gasteiger partial charge on any atom is -0.396 e. The van der Waals surface area contributed by atoms with Crippen LogP contribution >= 0.6 is 0 Å². The molecule has 0 bridgehead atoms. The minimum atomic E-state index is 0.323. The Morgan fingerprint density at radius 1 is 0.550 bits per heavy atom. The van der Waals surface area contributed by atoms with Crippen molar-refractivity contribution in [3.05, 3.63) is 0 Å². The van der Waals surface area contributed by atoms with Crippen molar-refractivity contribution in [2.45, 2.75) is 52.4 Å². The number of likely N-dealkylation sites (N-methyl/N-ethyl adjacent to an activating group) is 2. The number of aliphatic hydroxyl groups excluding tert-OH is 2. The highest BCUT2D eigenvalue weighted by Crippen LogP contribution is 2.01. The molecule has 4 nitrogen and oxygen atoms in total. The fraction of sp³-hybridized carbons (Fsp3) is 1.00. The highest BCUT2D eigenvalue weighted by atomic mass is 16.3. The number of hydrogen-bond donors (Lipinski definition) is 2. The van der Waals surface area contributed by atoms with E-state index in [1.54, 1.807) is 0 Å². The van der Waals surface area contributed by atoms with Crippen LogP contribution in [0.5, 0.6) is 0 Å². The molecule has 0 amide bonds. The van der Waals surface area contributed by atoms with Crippen molar-refractivity contribution in [3.8, 4) is 0 Å². The third kappa shape index (κ3) is 11.6. The summed E-state index contributed by atoms with van der Waals surface area (Å²) in [7, 11) is 0. The molecular weight excluding hydrogens is 252 g/mol.